The van der Waals surface area contributed by atoms with E-state index in [-0.39, 0.29) is 11.9 Å². The lowest BCUT2D eigenvalue weighted by Gasteiger charge is -2.22. The van der Waals surface area contributed by atoms with Crippen LogP contribution >= 0.6 is 0 Å². The third-order valence-corrected chi connectivity index (χ3v) is 3.49. The number of nitrogens with one attached hydrogen (secondary N) is 3. The topological polar surface area (TPSA) is 88.3 Å². The second kappa shape index (κ2) is 8.76. The number of hydrogen-bond acceptors (Lipinski definition) is 5. The first-order chi connectivity index (χ1) is 10.3. The van der Waals surface area contributed by atoms with E-state index in [4.69, 9.17) is 9.47 Å². The lowest BCUT2D eigenvalue weighted by Crippen LogP contribution is -2.47. The highest BCUT2D eigenvalue weighted by atomic mass is 16.5. The van der Waals surface area contributed by atoms with Gasteiger partial charge in [0.05, 0.1) is 37.0 Å². The van der Waals surface area contributed by atoms with E-state index >= 15 is 0 Å². The molecule has 0 aromatic carbocycles. The Labute approximate surface area is 124 Å². The minimum Gasteiger partial charge on any atom is -0.382 e. The molecule has 118 valence electrons. The highest BCUT2D eigenvalue weighted by molar-refractivity contribution is 5.82. The Kier molecular flexibility index (Phi) is 6.65. The van der Waals surface area contributed by atoms with Gasteiger partial charge in [-0.25, -0.2) is 4.98 Å². The maximum atomic E-state index is 12.0. The van der Waals surface area contributed by atoms with Gasteiger partial charge in [-0.15, -0.1) is 0 Å². The molecule has 2 heterocycles. The van der Waals surface area contributed by atoms with Crippen molar-refractivity contribution in [2.45, 2.75) is 31.8 Å². The Hall–Kier alpha value is -1.44. The zero-order valence-electron chi connectivity index (χ0n) is 12.5. The number of aromatic amines is 1. The summed E-state index contributed by atoms with van der Waals surface area (Å²) in [5, 5.41) is 6.17. The second-order valence-corrected chi connectivity index (χ2v) is 5.07. The van der Waals surface area contributed by atoms with Crippen molar-refractivity contribution in [3.63, 3.8) is 0 Å². The summed E-state index contributed by atoms with van der Waals surface area (Å²) in [5.74, 6) is 0.0453. The Bertz CT molecular complexity index is 436. The van der Waals surface area contributed by atoms with Gasteiger partial charge in [0.25, 0.3) is 0 Å². The summed E-state index contributed by atoms with van der Waals surface area (Å²) in [6, 6.07) is -0.182. The molecule has 0 radical (unpaired) electrons. The van der Waals surface area contributed by atoms with E-state index in [9.17, 15) is 4.79 Å². The molecule has 0 aliphatic carbocycles. The molecule has 1 aliphatic heterocycles. The van der Waals surface area contributed by atoms with Gasteiger partial charge in [0, 0.05) is 33.2 Å². The molecule has 21 heavy (non-hydrogen) atoms. The number of carbonyl (C=O) groups excluding carboxylic acids is 1. The molecule has 2 rings (SSSR count). The number of carbonyl (C=O) groups is 1. The van der Waals surface area contributed by atoms with Crippen LogP contribution in [0, 0.1) is 0 Å². The molecule has 0 spiro atoms. The average Bonchev–Trinajstić information content (AvgIpc) is 2.97. The molecular formula is C14H24N4O3. The highest BCUT2D eigenvalue weighted by Gasteiger charge is 2.25. The maximum absolute atomic E-state index is 12.0. The van der Waals surface area contributed by atoms with Gasteiger partial charge in [0.15, 0.2) is 0 Å². The van der Waals surface area contributed by atoms with Crippen molar-refractivity contribution < 1.29 is 14.3 Å². The number of imidazole rings is 1. The van der Waals surface area contributed by atoms with E-state index in [1.165, 1.54) is 0 Å². The summed E-state index contributed by atoms with van der Waals surface area (Å²) in [6.07, 6.45) is 4.17. The summed E-state index contributed by atoms with van der Waals surface area (Å²) in [4.78, 5) is 19.3. The number of ether oxygens (including phenoxy) is 2. The van der Waals surface area contributed by atoms with E-state index in [0.717, 1.165) is 24.2 Å². The lowest BCUT2D eigenvalue weighted by molar-refractivity contribution is -0.123. The molecule has 0 saturated heterocycles. The van der Waals surface area contributed by atoms with Crippen LogP contribution in [0.15, 0.2) is 6.33 Å². The molecule has 1 aliphatic rings. The van der Waals surface area contributed by atoms with E-state index in [2.05, 4.69) is 20.6 Å². The van der Waals surface area contributed by atoms with Crippen molar-refractivity contribution >= 4 is 5.91 Å². The largest absolute Gasteiger partial charge is 0.382 e. The summed E-state index contributed by atoms with van der Waals surface area (Å²) in [7, 11) is 1.66. The number of amides is 1. The number of methoxy groups -OCH3 is 1. The Morgan fingerprint density at radius 2 is 2.33 bits per heavy atom. The van der Waals surface area contributed by atoms with Gasteiger partial charge in [-0.1, -0.05) is 0 Å². The molecule has 1 atom stereocenters. The molecule has 0 fully saturated rings. The van der Waals surface area contributed by atoms with Crippen molar-refractivity contribution in [2.24, 2.45) is 0 Å². The molecule has 7 heteroatoms. The van der Waals surface area contributed by atoms with Crippen LogP contribution in [0.4, 0.5) is 0 Å². The number of rotatable bonds is 9. The van der Waals surface area contributed by atoms with Gasteiger partial charge in [-0.2, -0.15) is 0 Å². The van der Waals surface area contributed by atoms with Gasteiger partial charge < -0.3 is 19.8 Å². The van der Waals surface area contributed by atoms with Crippen LogP contribution in [-0.2, 0) is 27.2 Å². The molecule has 7 nitrogen and oxygen atoms in total. The predicted octanol–water partition coefficient (Wildman–Crippen LogP) is -0.0166. The van der Waals surface area contributed by atoms with Crippen molar-refractivity contribution in [2.75, 3.05) is 33.5 Å². The molecule has 0 bridgehead atoms. The first-order valence-electron chi connectivity index (χ1n) is 7.40. The summed E-state index contributed by atoms with van der Waals surface area (Å²) < 4.78 is 10.3. The second-order valence-electron chi connectivity index (χ2n) is 5.07. The van der Waals surface area contributed by atoms with E-state index in [1.54, 1.807) is 13.4 Å². The summed E-state index contributed by atoms with van der Waals surface area (Å²) >= 11 is 0. The monoisotopic (exact) mass is 296 g/mol. The van der Waals surface area contributed by atoms with Gasteiger partial charge in [0.2, 0.25) is 5.91 Å². The zero-order valence-corrected chi connectivity index (χ0v) is 12.5. The standard InChI is InChI=1S/C14H24N4O3/c1-20-6-7-21-5-3-2-4-15-14(19)12-8-11-13(9-16-12)18-10-17-11/h10,12,16H,2-9H2,1H3,(H,15,19)(H,17,18). The molecule has 1 aromatic rings. The fourth-order valence-corrected chi connectivity index (χ4v) is 2.26. The van der Waals surface area contributed by atoms with Crippen LogP contribution in [0.25, 0.3) is 0 Å². The maximum Gasteiger partial charge on any atom is 0.237 e. The van der Waals surface area contributed by atoms with Gasteiger partial charge in [-0.05, 0) is 12.8 Å². The molecule has 0 saturated carbocycles. The quantitative estimate of drug-likeness (QED) is 0.558. The van der Waals surface area contributed by atoms with Crippen LogP contribution in [0.5, 0.6) is 0 Å². The fraction of sp³-hybridized carbons (Fsp3) is 0.714. The number of H-pyrrole nitrogens is 1. The van der Waals surface area contributed by atoms with E-state index in [0.29, 0.717) is 39.3 Å². The minimum absolute atomic E-state index is 0.0453. The first kappa shape index (κ1) is 15.9. The van der Waals surface area contributed by atoms with Gasteiger partial charge in [-0.3, -0.25) is 10.1 Å². The molecule has 1 aromatic heterocycles. The summed E-state index contributed by atoms with van der Waals surface area (Å²) in [5.41, 5.74) is 2.06. The molecule has 3 N–H and O–H groups in total. The van der Waals surface area contributed by atoms with Crippen LogP contribution in [-0.4, -0.2) is 55.4 Å². The molecule has 1 unspecified atom stereocenters. The van der Waals surface area contributed by atoms with Crippen molar-refractivity contribution in [3.05, 3.63) is 17.7 Å². The average molecular weight is 296 g/mol. The van der Waals surface area contributed by atoms with Gasteiger partial charge >= 0.3 is 0 Å². The van der Waals surface area contributed by atoms with Crippen LogP contribution in [0.1, 0.15) is 24.2 Å². The molecule has 1 amide bonds. The van der Waals surface area contributed by atoms with Crippen LogP contribution in [0.2, 0.25) is 0 Å². The number of aromatic nitrogens is 2. The van der Waals surface area contributed by atoms with Crippen molar-refractivity contribution in [3.8, 4) is 0 Å². The Morgan fingerprint density at radius 3 is 3.19 bits per heavy atom. The normalized spacial score (nSPS) is 17.5. The third-order valence-electron chi connectivity index (χ3n) is 3.49. The Morgan fingerprint density at radius 1 is 1.43 bits per heavy atom. The lowest BCUT2D eigenvalue weighted by atomic mass is 10.0. The number of hydrogen-bond donors (Lipinski definition) is 3. The SMILES string of the molecule is COCCOCCCCNC(=O)C1Cc2nc[nH]c2CN1. The summed E-state index contributed by atoms with van der Waals surface area (Å²) in [6.45, 7) is 3.30. The zero-order chi connectivity index (χ0) is 14.9. The predicted molar refractivity (Wildman–Crippen MR) is 77.9 cm³/mol. The molecular weight excluding hydrogens is 272 g/mol. The third kappa shape index (κ3) is 5.11. The first-order valence-corrected chi connectivity index (χ1v) is 7.40. The van der Waals surface area contributed by atoms with E-state index < -0.39 is 0 Å². The number of nitrogens with zero attached hydrogens (tertiary/aromatic N) is 1. The van der Waals surface area contributed by atoms with Crippen LogP contribution in [0.3, 0.4) is 0 Å². The van der Waals surface area contributed by atoms with Gasteiger partial charge in [0.1, 0.15) is 0 Å². The number of fused-ring (bicyclic) bond motifs is 1. The van der Waals surface area contributed by atoms with Crippen LogP contribution < -0.4 is 10.6 Å². The fourth-order valence-electron chi connectivity index (χ4n) is 2.26. The smallest absolute Gasteiger partial charge is 0.237 e. The number of unbranched alkanes of at least 4 members (excludes halogenated alkanes) is 1. The highest BCUT2D eigenvalue weighted by Crippen LogP contribution is 2.11. The minimum atomic E-state index is -0.182. The van der Waals surface area contributed by atoms with E-state index in [1.807, 2.05) is 0 Å². The Balaban J connectivity index is 1.54. The van der Waals surface area contributed by atoms with Crippen molar-refractivity contribution in [1.82, 2.24) is 20.6 Å². The van der Waals surface area contributed by atoms with Crippen molar-refractivity contribution in [1.29, 1.82) is 0 Å².